The fourth-order valence-electron chi connectivity index (χ4n) is 2.80. The van der Waals surface area contributed by atoms with Gasteiger partial charge in [-0.1, -0.05) is 24.4 Å². The van der Waals surface area contributed by atoms with E-state index in [2.05, 4.69) is 34.1 Å². The van der Waals surface area contributed by atoms with Crippen molar-refractivity contribution in [1.29, 1.82) is 0 Å². The molecule has 0 amide bonds. The summed E-state index contributed by atoms with van der Waals surface area (Å²) in [4.78, 5) is 7.34. The topological polar surface area (TPSA) is 42.1 Å². The highest BCUT2D eigenvalue weighted by Crippen LogP contribution is 2.22. The van der Waals surface area contributed by atoms with Crippen molar-refractivity contribution in [2.45, 2.75) is 25.4 Å². The SMILES string of the molecule is NC(=S)C1CCCN1Cc1ccc2ncccc2c1. The van der Waals surface area contributed by atoms with Crippen molar-refractivity contribution in [3.63, 3.8) is 0 Å². The molecule has 1 aromatic heterocycles. The van der Waals surface area contributed by atoms with E-state index in [-0.39, 0.29) is 6.04 Å². The minimum absolute atomic E-state index is 0.264. The number of benzene rings is 1. The highest BCUT2D eigenvalue weighted by molar-refractivity contribution is 7.80. The van der Waals surface area contributed by atoms with Crippen LogP contribution in [0.5, 0.6) is 0 Å². The first-order valence-electron chi connectivity index (χ1n) is 6.61. The molecule has 2 heterocycles. The van der Waals surface area contributed by atoms with Gasteiger partial charge in [-0.05, 0) is 43.1 Å². The maximum atomic E-state index is 5.81. The maximum Gasteiger partial charge on any atom is 0.0902 e. The van der Waals surface area contributed by atoms with Crippen molar-refractivity contribution >= 4 is 28.1 Å². The first kappa shape index (κ1) is 12.5. The second-order valence-electron chi connectivity index (χ2n) is 5.06. The van der Waals surface area contributed by atoms with Gasteiger partial charge >= 0.3 is 0 Å². The van der Waals surface area contributed by atoms with Crippen LogP contribution in [0, 0.1) is 0 Å². The third-order valence-electron chi connectivity index (χ3n) is 3.75. The second kappa shape index (κ2) is 5.23. The number of likely N-dealkylation sites (tertiary alicyclic amines) is 1. The normalized spacial score (nSPS) is 19.9. The molecule has 1 fully saturated rings. The summed E-state index contributed by atoms with van der Waals surface area (Å²) in [6.45, 7) is 1.99. The summed E-state index contributed by atoms with van der Waals surface area (Å²) in [7, 11) is 0. The number of nitrogens with two attached hydrogens (primary N) is 1. The van der Waals surface area contributed by atoms with Crippen LogP contribution in [-0.4, -0.2) is 27.5 Å². The molecule has 0 saturated carbocycles. The Kier molecular flexibility index (Phi) is 3.44. The van der Waals surface area contributed by atoms with Gasteiger partial charge in [0, 0.05) is 18.1 Å². The van der Waals surface area contributed by atoms with E-state index in [1.54, 1.807) is 0 Å². The number of thiocarbonyl (C=S) groups is 1. The van der Waals surface area contributed by atoms with Gasteiger partial charge in [-0.15, -0.1) is 0 Å². The molecule has 1 saturated heterocycles. The van der Waals surface area contributed by atoms with Crippen LogP contribution in [0.15, 0.2) is 36.5 Å². The number of pyridine rings is 1. The Morgan fingerprint density at radius 2 is 2.32 bits per heavy atom. The van der Waals surface area contributed by atoms with Gasteiger partial charge in [0.05, 0.1) is 16.5 Å². The monoisotopic (exact) mass is 271 g/mol. The predicted octanol–water partition coefficient (Wildman–Crippen LogP) is 2.49. The van der Waals surface area contributed by atoms with Crippen molar-refractivity contribution in [3.05, 3.63) is 42.1 Å². The number of rotatable bonds is 3. The van der Waals surface area contributed by atoms with Gasteiger partial charge in [-0.25, -0.2) is 0 Å². The van der Waals surface area contributed by atoms with Crippen molar-refractivity contribution < 1.29 is 0 Å². The van der Waals surface area contributed by atoms with Gasteiger partial charge in [0.1, 0.15) is 0 Å². The van der Waals surface area contributed by atoms with E-state index in [9.17, 15) is 0 Å². The molecular weight excluding hydrogens is 254 g/mol. The van der Waals surface area contributed by atoms with Crippen LogP contribution in [0.2, 0.25) is 0 Å². The highest BCUT2D eigenvalue weighted by atomic mass is 32.1. The van der Waals surface area contributed by atoms with Crippen LogP contribution in [0.25, 0.3) is 10.9 Å². The average Bonchev–Trinajstić information content (AvgIpc) is 2.87. The molecule has 4 heteroatoms. The summed E-state index contributed by atoms with van der Waals surface area (Å²) in [6, 6.07) is 10.8. The number of nitrogens with zero attached hydrogens (tertiary/aromatic N) is 2. The van der Waals surface area contributed by atoms with Gasteiger partial charge in [0.25, 0.3) is 0 Å². The molecule has 1 aliphatic heterocycles. The molecule has 1 atom stereocenters. The molecule has 0 radical (unpaired) electrons. The Morgan fingerprint density at radius 3 is 3.16 bits per heavy atom. The van der Waals surface area contributed by atoms with E-state index in [1.165, 1.54) is 17.4 Å². The Morgan fingerprint density at radius 1 is 1.42 bits per heavy atom. The molecule has 1 aliphatic rings. The van der Waals surface area contributed by atoms with Gasteiger partial charge in [0.15, 0.2) is 0 Å². The Hall–Kier alpha value is -1.52. The van der Waals surface area contributed by atoms with Gasteiger partial charge < -0.3 is 5.73 Å². The fourth-order valence-corrected chi connectivity index (χ4v) is 3.06. The molecule has 2 aromatic rings. The molecule has 0 aliphatic carbocycles. The summed E-state index contributed by atoms with van der Waals surface area (Å²) < 4.78 is 0. The summed E-state index contributed by atoms with van der Waals surface area (Å²) in [5, 5.41) is 1.19. The lowest BCUT2D eigenvalue weighted by atomic mass is 10.1. The fraction of sp³-hybridized carbons (Fsp3) is 0.333. The molecule has 1 aromatic carbocycles. The molecule has 1 unspecified atom stereocenters. The number of hydrogen-bond donors (Lipinski definition) is 1. The van der Waals surface area contributed by atoms with Crippen LogP contribution in [0.3, 0.4) is 0 Å². The summed E-state index contributed by atoms with van der Waals surface area (Å²) in [6.07, 6.45) is 4.09. The second-order valence-corrected chi connectivity index (χ2v) is 5.53. The molecule has 98 valence electrons. The van der Waals surface area contributed by atoms with Crippen molar-refractivity contribution in [2.75, 3.05) is 6.54 Å². The van der Waals surface area contributed by atoms with Crippen molar-refractivity contribution in [1.82, 2.24) is 9.88 Å². The summed E-state index contributed by atoms with van der Waals surface area (Å²) in [5.41, 5.74) is 8.15. The number of fused-ring (bicyclic) bond motifs is 1. The average molecular weight is 271 g/mol. The minimum atomic E-state index is 0.264. The zero-order chi connectivity index (χ0) is 13.2. The van der Waals surface area contributed by atoms with E-state index < -0.39 is 0 Å². The lowest BCUT2D eigenvalue weighted by Crippen LogP contribution is -2.38. The molecule has 2 N–H and O–H groups in total. The minimum Gasteiger partial charge on any atom is -0.392 e. The summed E-state index contributed by atoms with van der Waals surface area (Å²) >= 11 is 5.15. The van der Waals surface area contributed by atoms with Crippen LogP contribution in [0.1, 0.15) is 18.4 Å². The van der Waals surface area contributed by atoms with Crippen LogP contribution < -0.4 is 5.73 Å². The Labute approximate surface area is 118 Å². The van der Waals surface area contributed by atoms with Crippen LogP contribution in [-0.2, 0) is 6.54 Å². The Bertz CT molecular complexity index is 611. The first-order chi connectivity index (χ1) is 9.24. The zero-order valence-corrected chi connectivity index (χ0v) is 11.6. The Balaban J connectivity index is 1.83. The molecule has 3 nitrogen and oxygen atoms in total. The van der Waals surface area contributed by atoms with Gasteiger partial charge in [-0.2, -0.15) is 0 Å². The maximum absolute atomic E-state index is 5.81. The third kappa shape index (κ3) is 2.60. The summed E-state index contributed by atoms with van der Waals surface area (Å²) in [5.74, 6) is 0. The quantitative estimate of drug-likeness (QED) is 0.871. The number of aromatic nitrogens is 1. The third-order valence-corrected chi connectivity index (χ3v) is 4.02. The predicted molar refractivity (Wildman–Crippen MR) is 82.0 cm³/mol. The smallest absolute Gasteiger partial charge is 0.0902 e. The molecule has 0 spiro atoms. The standard InChI is InChI=1S/C15H17N3S/c16-15(19)14-4-2-8-18(14)10-11-5-6-13-12(9-11)3-1-7-17-13/h1,3,5-7,9,14H,2,4,8,10H2,(H2,16,19). The van der Waals surface area contributed by atoms with Gasteiger partial charge in [-0.3, -0.25) is 9.88 Å². The lowest BCUT2D eigenvalue weighted by Gasteiger charge is -2.23. The molecule has 3 rings (SSSR count). The van der Waals surface area contributed by atoms with Crippen molar-refractivity contribution in [3.8, 4) is 0 Å². The lowest BCUT2D eigenvalue weighted by molar-refractivity contribution is 0.295. The van der Waals surface area contributed by atoms with E-state index in [1.807, 2.05) is 12.3 Å². The molecule has 0 bridgehead atoms. The van der Waals surface area contributed by atoms with E-state index >= 15 is 0 Å². The van der Waals surface area contributed by atoms with Gasteiger partial charge in [0.2, 0.25) is 0 Å². The largest absolute Gasteiger partial charge is 0.392 e. The van der Waals surface area contributed by atoms with E-state index in [0.717, 1.165) is 25.0 Å². The van der Waals surface area contributed by atoms with E-state index in [4.69, 9.17) is 18.0 Å². The van der Waals surface area contributed by atoms with Crippen LogP contribution >= 0.6 is 12.2 Å². The number of hydrogen-bond acceptors (Lipinski definition) is 3. The van der Waals surface area contributed by atoms with E-state index in [0.29, 0.717) is 4.99 Å². The van der Waals surface area contributed by atoms with Crippen molar-refractivity contribution in [2.24, 2.45) is 5.73 Å². The highest BCUT2D eigenvalue weighted by Gasteiger charge is 2.26. The molecule has 19 heavy (non-hydrogen) atoms. The first-order valence-corrected chi connectivity index (χ1v) is 7.02. The zero-order valence-electron chi connectivity index (χ0n) is 10.7. The molecular formula is C15H17N3S. The van der Waals surface area contributed by atoms with Crippen LogP contribution in [0.4, 0.5) is 0 Å².